The summed E-state index contributed by atoms with van der Waals surface area (Å²) in [5.74, 6) is 0.528. The van der Waals surface area contributed by atoms with E-state index in [9.17, 15) is 9.59 Å². The molecule has 0 aliphatic rings. The van der Waals surface area contributed by atoms with Gasteiger partial charge in [-0.2, -0.15) is 0 Å². The van der Waals surface area contributed by atoms with Gasteiger partial charge in [0.15, 0.2) is 0 Å². The minimum atomic E-state index is -0.443. The number of carbonyl (C=O) groups is 2. The second-order valence-electron chi connectivity index (χ2n) is 6.35. The number of hydrogen-bond donors (Lipinski definition) is 2. The van der Waals surface area contributed by atoms with Gasteiger partial charge in [-0.15, -0.1) is 0 Å². The van der Waals surface area contributed by atoms with Gasteiger partial charge in [-0.3, -0.25) is 20.4 Å². The van der Waals surface area contributed by atoms with Crippen LogP contribution in [0.4, 0.5) is 0 Å². The SMILES string of the molecule is COc1ccc(/C=C/C(=O)NNC(=O)c2ccc(OCc3ccccc3)cc2)cc1. The van der Waals surface area contributed by atoms with Crippen molar-refractivity contribution in [2.75, 3.05) is 7.11 Å². The quantitative estimate of drug-likeness (QED) is 0.466. The highest BCUT2D eigenvalue weighted by Crippen LogP contribution is 2.14. The topological polar surface area (TPSA) is 76.7 Å². The fourth-order valence-corrected chi connectivity index (χ4v) is 2.56. The van der Waals surface area contributed by atoms with Crippen molar-refractivity contribution in [2.45, 2.75) is 6.61 Å². The van der Waals surface area contributed by atoms with Gasteiger partial charge in [0.1, 0.15) is 18.1 Å². The van der Waals surface area contributed by atoms with Gasteiger partial charge in [-0.25, -0.2) is 0 Å². The molecule has 0 saturated carbocycles. The molecule has 3 aromatic carbocycles. The zero-order valence-corrected chi connectivity index (χ0v) is 16.5. The molecule has 30 heavy (non-hydrogen) atoms. The van der Waals surface area contributed by atoms with Gasteiger partial charge in [0, 0.05) is 11.6 Å². The van der Waals surface area contributed by atoms with E-state index >= 15 is 0 Å². The van der Waals surface area contributed by atoms with Gasteiger partial charge in [0.05, 0.1) is 7.11 Å². The number of ether oxygens (including phenoxy) is 2. The lowest BCUT2D eigenvalue weighted by atomic mass is 10.2. The van der Waals surface area contributed by atoms with Crippen molar-refractivity contribution in [3.63, 3.8) is 0 Å². The Kier molecular flexibility index (Phi) is 7.22. The lowest BCUT2D eigenvalue weighted by Gasteiger charge is -2.08. The highest BCUT2D eigenvalue weighted by atomic mass is 16.5. The number of benzene rings is 3. The fourth-order valence-electron chi connectivity index (χ4n) is 2.56. The van der Waals surface area contributed by atoms with Crippen LogP contribution in [0.25, 0.3) is 6.08 Å². The van der Waals surface area contributed by atoms with E-state index in [1.54, 1.807) is 49.6 Å². The molecule has 0 radical (unpaired) electrons. The molecule has 3 rings (SSSR count). The summed E-state index contributed by atoms with van der Waals surface area (Å²) < 4.78 is 10.8. The molecule has 0 unspecified atom stereocenters. The third-order valence-electron chi connectivity index (χ3n) is 4.21. The highest BCUT2D eigenvalue weighted by Gasteiger charge is 2.06. The molecule has 2 N–H and O–H groups in total. The molecule has 0 fully saturated rings. The Morgan fingerprint density at radius 3 is 2.17 bits per heavy atom. The summed E-state index contributed by atoms with van der Waals surface area (Å²) in [6, 6.07) is 23.7. The van der Waals surface area contributed by atoms with Crippen LogP contribution in [-0.2, 0) is 11.4 Å². The van der Waals surface area contributed by atoms with E-state index in [0.29, 0.717) is 17.9 Å². The van der Waals surface area contributed by atoms with E-state index in [2.05, 4.69) is 10.9 Å². The van der Waals surface area contributed by atoms with Crippen LogP contribution in [-0.4, -0.2) is 18.9 Å². The monoisotopic (exact) mass is 402 g/mol. The number of rotatable bonds is 7. The maximum atomic E-state index is 12.2. The molecule has 6 heteroatoms. The predicted octanol–water partition coefficient (Wildman–Crippen LogP) is 3.75. The van der Waals surface area contributed by atoms with Gasteiger partial charge in [0.2, 0.25) is 0 Å². The Hall–Kier alpha value is -4.06. The number of hydrazine groups is 1. The second kappa shape index (κ2) is 10.5. The van der Waals surface area contributed by atoms with Gasteiger partial charge >= 0.3 is 0 Å². The summed E-state index contributed by atoms with van der Waals surface area (Å²) in [6.07, 6.45) is 2.97. The standard InChI is InChI=1S/C24H22N2O4/c1-29-21-12-7-18(8-13-21)9-16-23(27)25-26-24(28)20-10-14-22(15-11-20)30-17-19-5-3-2-4-6-19/h2-16H,17H2,1H3,(H,25,27)(H,26,28)/b16-9+. The molecule has 0 saturated heterocycles. The molecule has 6 nitrogen and oxygen atoms in total. The Morgan fingerprint density at radius 1 is 0.833 bits per heavy atom. The Balaban J connectivity index is 1.45. The Morgan fingerprint density at radius 2 is 1.50 bits per heavy atom. The van der Waals surface area contributed by atoms with Gasteiger partial charge in [-0.05, 0) is 53.6 Å². The zero-order valence-electron chi connectivity index (χ0n) is 16.5. The van der Waals surface area contributed by atoms with Crippen LogP contribution in [0, 0.1) is 0 Å². The van der Waals surface area contributed by atoms with Crippen molar-refractivity contribution >= 4 is 17.9 Å². The minimum absolute atomic E-state index is 0.404. The summed E-state index contributed by atoms with van der Waals surface area (Å²) in [5, 5.41) is 0. The zero-order chi connectivity index (χ0) is 21.2. The summed E-state index contributed by atoms with van der Waals surface area (Å²) >= 11 is 0. The molecular weight excluding hydrogens is 380 g/mol. The largest absolute Gasteiger partial charge is 0.497 e. The molecular formula is C24H22N2O4. The van der Waals surface area contributed by atoms with Crippen molar-refractivity contribution in [3.8, 4) is 11.5 Å². The molecule has 0 aliphatic heterocycles. The van der Waals surface area contributed by atoms with Crippen LogP contribution in [0.2, 0.25) is 0 Å². The molecule has 152 valence electrons. The summed E-state index contributed by atoms with van der Waals surface area (Å²) in [7, 11) is 1.59. The predicted molar refractivity (Wildman–Crippen MR) is 115 cm³/mol. The van der Waals surface area contributed by atoms with Crippen LogP contribution >= 0.6 is 0 Å². The van der Waals surface area contributed by atoms with Crippen molar-refractivity contribution in [3.05, 3.63) is 102 Å². The number of hydrogen-bond acceptors (Lipinski definition) is 4. The number of carbonyl (C=O) groups excluding carboxylic acids is 2. The molecule has 0 spiro atoms. The molecule has 2 amide bonds. The van der Waals surface area contributed by atoms with E-state index in [1.807, 2.05) is 42.5 Å². The van der Waals surface area contributed by atoms with E-state index in [-0.39, 0.29) is 0 Å². The summed E-state index contributed by atoms with van der Waals surface area (Å²) in [6.45, 7) is 0.447. The first kappa shape index (κ1) is 20.7. The molecule has 0 atom stereocenters. The van der Waals surface area contributed by atoms with Crippen molar-refractivity contribution in [2.24, 2.45) is 0 Å². The molecule has 3 aromatic rings. The number of methoxy groups -OCH3 is 1. The Labute approximate surface area is 175 Å². The van der Waals surface area contributed by atoms with Crippen molar-refractivity contribution in [1.82, 2.24) is 10.9 Å². The smallest absolute Gasteiger partial charge is 0.269 e. The highest BCUT2D eigenvalue weighted by molar-refractivity contribution is 5.97. The Bertz CT molecular complexity index is 998. The molecule has 0 aliphatic carbocycles. The van der Waals surface area contributed by atoms with Crippen LogP contribution in [0.1, 0.15) is 21.5 Å². The number of amides is 2. The van der Waals surface area contributed by atoms with Crippen LogP contribution in [0.15, 0.2) is 84.9 Å². The van der Waals surface area contributed by atoms with Gasteiger partial charge < -0.3 is 9.47 Å². The lowest BCUT2D eigenvalue weighted by molar-refractivity contribution is -0.117. The summed E-state index contributed by atoms with van der Waals surface area (Å²) in [5.41, 5.74) is 7.03. The van der Waals surface area contributed by atoms with Crippen molar-refractivity contribution in [1.29, 1.82) is 0 Å². The third-order valence-corrected chi connectivity index (χ3v) is 4.21. The molecule has 0 aromatic heterocycles. The number of nitrogens with one attached hydrogen (secondary N) is 2. The summed E-state index contributed by atoms with van der Waals surface area (Å²) in [4.78, 5) is 24.1. The van der Waals surface area contributed by atoms with Crippen LogP contribution in [0.5, 0.6) is 11.5 Å². The first-order chi connectivity index (χ1) is 14.6. The van der Waals surface area contributed by atoms with Gasteiger partial charge in [-0.1, -0.05) is 42.5 Å². The fraction of sp³-hybridized carbons (Fsp3) is 0.0833. The van der Waals surface area contributed by atoms with Gasteiger partial charge in [0.25, 0.3) is 11.8 Å². The van der Waals surface area contributed by atoms with E-state index < -0.39 is 11.8 Å². The van der Waals surface area contributed by atoms with Crippen LogP contribution < -0.4 is 20.3 Å². The van der Waals surface area contributed by atoms with Crippen LogP contribution in [0.3, 0.4) is 0 Å². The average Bonchev–Trinajstić information content (AvgIpc) is 2.81. The average molecular weight is 402 g/mol. The maximum absolute atomic E-state index is 12.2. The molecule has 0 heterocycles. The van der Waals surface area contributed by atoms with Crippen molar-refractivity contribution < 1.29 is 19.1 Å². The first-order valence-electron chi connectivity index (χ1n) is 9.33. The third kappa shape index (κ3) is 6.24. The van der Waals surface area contributed by atoms with E-state index in [0.717, 1.165) is 16.9 Å². The maximum Gasteiger partial charge on any atom is 0.269 e. The van der Waals surface area contributed by atoms with E-state index in [1.165, 1.54) is 6.08 Å². The molecule has 0 bridgehead atoms. The normalized spacial score (nSPS) is 10.4. The lowest BCUT2D eigenvalue weighted by Crippen LogP contribution is -2.40. The first-order valence-corrected chi connectivity index (χ1v) is 9.33. The van der Waals surface area contributed by atoms with E-state index in [4.69, 9.17) is 9.47 Å². The minimum Gasteiger partial charge on any atom is -0.497 e. The second-order valence-corrected chi connectivity index (χ2v) is 6.35.